The van der Waals surface area contributed by atoms with E-state index in [2.05, 4.69) is 0 Å². The first-order valence-electron chi connectivity index (χ1n) is 5.35. The summed E-state index contributed by atoms with van der Waals surface area (Å²) in [6.07, 6.45) is 0. The van der Waals surface area contributed by atoms with Gasteiger partial charge in [-0.25, -0.2) is 8.78 Å². The summed E-state index contributed by atoms with van der Waals surface area (Å²) < 4.78 is 24.8. The molecule has 0 saturated carbocycles. The Morgan fingerprint density at radius 2 is 0.955 bits per heavy atom. The van der Waals surface area contributed by atoms with Crippen molar-refractivity contribution in [1.29, 1.82) is 0 Å². The van der Waals surface area contributed by atoms with Crippen molar-refractivity contribution in [2.45, 2.75) is 0 Å². The van der Waals surface area contributed by atoms with Crippen LogP contribution in [-0.2, 0) is 0 Å². The van der Waals surface area contributed by atoms with E-state index in [1.165, 1.54) is 24.3 Å². The maximum absolute atomic E-state index is 12.4. The molecule has 0 aromatic heterocycles. The van der Waals surface area contributed by atoms with Crippen LogP contribution >= 0.6 is 0 Å². The topological polar surface area (TPSA) is 80.3 Å². The molecule has 0 saturated heterocycles. The quantitative estimate of drug-likeness (QED) is 0.503. The van der Waals surface area contributed by atoms with E-state index in [1.54, 1.807) is 0 Å². The first kappa shape index (κ1) is 24.8. The van der Waals surface area contributed by atoms with Gasteiger partial charge in [0.1, 0.15) is 11.6 Å². The van der Waals surface area contributed by atoms with Crippen molar-refractivity contribution in [3.63, 3.8) is 0 Å². The van der Waals surface area contributed by atoms with Crippen LogP contribution in [0.4, 0.5) is 8.78 Å². The fourth-order valence-corrected chi connectivity index (χ4v) is 1.25. The fourth-order valence-electron chi connectivity index (χ4n) is 1.25. The van der Waals surface area contributed by atoms with Crippen molar-refractivity contribution < 1.29 is 131 Å². The van der Waals surface area contributed by atoms with Crippen LogP contribution in [0.2, 0.25) is 0 Å². The summed E-state index contributed by atoms with van der Waals surface area (Å²) in [5.41, 5.74) is -0.801. The van der Waals surface area contributed by atoms with Gasteiger partial charge < -0.3 is 19.8 Å². The number of rotatable bonds is 2. The molecule has 0 atom stereocenters. The molecular weight excluding hydrogens is 348 g/mol. The zero-order valence-electron chi connectivity index (χ0n) is 12.0. The maximum Gasteiger partial charge on any atom is 1.00 e. The largest absolute Gasteiger partial charge is 1.00 e. The molecule has 2 aromatic carbocycles. The molecular formula is C14H8F2K2O4. The Balaban J connectivity index is 0. The van der Waals surface area contributed by atoms with Crippen molar-refractivity contribution in [3.8, 4) is 0 Å². The van der Waals surface area contributed by atoms with E-state index in [4.69, 9.17) is 0 Å². The maximum atomic E-state index is 12.4. The molecule has 104 valence electrons. The molecule has 8 heteroatoms. The third kappa shape index (κ3) is 8.39. The van der Waals surface area contributed by atoms with Crippen molar-refractivity contribution in [1.82, 2.24) is 0 Å². The number of carboxylic acids is 2. The zero-order chi connectivity index (χ0) is 15.1. The number of carbonyl (C=O) groups excluding carboxylic acids is 2. The van der Waals surface area contributed by atoms with Gasteiger partial charge in [0.2, 0.25) is 0 Å². The molecule has 0 unspecified atom stereocenters. The van der Waals surface area contributed by atoms with Crippen LogP contribution in [0.3, 0.4) is 0 Å². The Morgan fingerprint density at radius 1 is 0.682 bits per heavy atom. The van der Waals surface area contributed by atoms with Gasteiger partial charge >= 0.3 is 103 Å². The van der Waals surface area contributed by atoms with Gasteiger partial charge in [-0.15, -0.1) is 0 Å². The van der Waals surface area contributed by atoms with Gasteiger partial charge in [-0.2, -0.15) is 0 Å². The Bertz CT molecular complexity index is 580. The molecule has 0 N–H and O–H groups in total. The summed E-state index contributed by atoms with van der Waals surface area (Å²) in [6, 6.07) is 10.2. The minimum Gasteiger partial charge on any atom is -0.545 e. The summed E-state index contributed by atoms with van der Waals surface area (Å²) in [5.74, 6) is -4.50. The van der Waals surface area contributed by atoms with E-state index in [9.17, 15) is 28.6 Å². The van der Waals surface area contributed by atoms with E-state index in [0.29, 0.717) is 0 Å². The molecule has 0 radical (unpaired) electrons. The molecule has 0 bridgehead atoms. The van der Waals surface area contributed by atoms with Crippen molar-refractivity contribution in [3.05, 3.63) is 71.3 Å². The number of aromatic carboxylic acids is 2. The first-order valence-corrected chi connectivity index (χ1v) is 5.35. The predicted octanol–water partition coefficient (Wildman–Crippen LogP) is -5.61. The molecule has 4 nitrogen and oxygen atoms in total. The van der Waals surface area contributed by atoms with Crippen molar-refractivity contribution >= 4 is 11.9 Å². The minimum absolute atomic E-state index is 0. The molecule has 2 rings (SSSR count). The van der Waals surface area contributed by atoms with Gasteiger partial charge in [-0.1, -0.05) is 36.4 Å². The smallest absolute Gasteiger partial charge is 0.545 e. The van der Waals surface area contributed by atoms with Crippen LogP contribution in [-0.4, -0.2) is 11.9 Å². The minimum atomic E-state index is -1.49. The van der Waals surface area contributed by atoms with Crippen LogP contribution in [0.25, 0.3) is 0 Å². The van der Waals surface area contributed by atoms with Crippen LogP contribution in [0.5, 0.6) is 0 Å². The molecule has 0 spiro atoms. The molecule has 2 aromatic rings. The van der Waals surface area contributed by atoms with Crippen molar-refractivity contribution in [2.75, 3.05) is 0 Å². The van der Waals surface area contributed by atoms with Crippen LogP contribution < -0.4 is 113 Å². The van der Waals surface area contributed by atoms with Gasteiger partial charge in [0, 0.05) is 11.1 Å². The Hall–Kier alpha value is 0.513. The predicted molar refractivity (Wildman–Crippen MR) is 61.5 cm³/mol. The third-order valence-corrected chi connectivity index (χ3v) is 2.19. The molecule has 0 aliphatic carbocycles. The van der Waals surface area contributed by atoms with E-state index in [-0.39, 0.29) is 103 Å². The summed E-state index contributed by atoms with van der Waals surface area (Å²) >= 11 is 0. The number of carbonyl (C=O) groups is 2. The zero-order valence-corrected chi connectivity index (χ0v) is 18.3. The first-order chi connectivity index (χ1) is 9.43. The molecule has 0 amide bonds. The van der Waals surface area contributed by atoms with E-state index in [0.717, 1.165) is 24.3 Å². The monoisotopic (exact) mass is 356 g/mol. The van der Waals surface area contributed by atoms with Gasteiger partial charge in [0.25, 0.3) is 0 Å². The normalized spacial score (nSPS) is 8.45. The van der Waals surface area contributed by atoms with Gasteiger partial charge in [-0.3, -0.25) is 0 Å². The molecule has 0 aliphatic rings. The SMILES string of the molecule is O=C([O-])c1ccccc1F.O=C([O-])c1ccccc1F.[K+].[K+]. The third-order valence-electron chi connectivity index (χ3n) is 2.19. The number of halogens is 2. The van der Waals surface area contributed by atoms with Crippen LogP contribution in [0.1, 0.15) is 20.7 Å². The Kier molecular flexibility index (Phi) is 14.5. The van der Waals surface area contributed by atoms with Gasteiger partial charge in [0.05, 0.1) is 11.9 Å². The van der Waals surface area contributed by atoms with Crippen molar-refractivity contribution in [2.24, 2.45) is 0 Å². The van der Waals surface area contributed by atoms with E-state index < -0.39 is 34.7 Å². The Labute approximate surface area is 210 Å². The summed E-state index contributed by atoms with van der Waals surface area (Å²) in [6.45, 7) is 0. The number of benzene rings is 2. The van der Waals surface area contributed by atoms with Gasteiger partial charge in [-0.05, 0) is 12.1 Å². The average molecular weight is 356 g/mol. The number of hydrogen-bond acceptors (Lipinski definition) is 4. The molecule has 0 fully saturated rings. The average Bonchev–Trinajstić information content (AvgIpc) is 2.40. The summed E-state index contributed by atoms with van der Waals surface area (Å²) in [5, 5.41) is 20.1. The molecule has 22 heavy (non-hydrogen) atoms. The second kappa shape index (κ2) is 12.9. The second-order valence-corrected chi connectivity index (χ2v) is 3.53. The van der Waals surface area contributed by atoms with Gasteiger partial charge in [0.15, 0.2) is 0 Å². The second-order valence-electron chi connectivity index (χ2n) is 3.53. The fraction of sp³-hybridized carbons (Fsp3) is 0. The van der Waals surface area contributed by atoms with Crippen LogP contribution in [0.15, 0.2) is 48.5 Å². The van der Waals surface area contributed by atoms with E-state index in [1.807, 2.05) is 0 Å². The Morgan fingerprint density at radius 3 is 1.14 bits per heavy atom. The molecule has 0 aliphatic heterocycles. The molecule has 0 heterocycles. The summed E-state index contributed by atoms with van der Waals surface area (Å²) in [7, 11) is 0. The van der Waals surface area contributed by atoms with E-state index >= 15 is 0 Å². The standard InChI is InChI=1S/2C7H5FO2.2K/c2*8-6-4-2-1-3-5(6)7(9)10;;/h2*1-4H,(H,9,10);;/q;;2*+1/p-2. The number of hydrogen-bond donors (Lipinski definition) is 0. The number of carboxylic acid groups (broad SMARTS) is 2. The summed E-state index contributed by atoms with van der Waals surface area (Å²) in [4.78, 5) is 20.1. The van der Waals surface area contributed by atoms with Crippen LogP contribution in [0, 0.1) is 11.6 Å².